The van der Waals surface area contributed by atoms with E-state index in [2.05, 4.69) is 11.2 Å². The number of hydrogen-bond acceptors (Lipinski definition) is 3. The Morgan fingerprint density at radius 1 is 1.67 bits per heavy atom. The largest absolute Gasteiger partial charge is 0.396 e. The Labute approximate surface area is 76.8 Å². The first-order valence-electron chi connectivity index (χ1n) is 3.92. The van der Waals surface area contributed by atoms with E-state index in [0.717, 1.165) is 17.2 Å². The van der Waals surface area contributed by atoms with Crippen LogP contribution in [0.15, 0.2) is 6.07 Å². The summed E-state index contributed by atoms with van der Waals surface area (Å²) in [6.07, 6.45) is 0. The fraction of sp³-hybridized carbons (Fsp3) is 0.625. The SMILES string of the molecule is Cc1cc(CSCCO)n(C)n1. The third-order valence-corrected chi connectivity index (χ3v) is 2.56. The summed E-state index contributed by atoms with van der Waals surface area (Å²) >= 11 is 1.72. The molecule has 0 aromatic carbocycles. The highest BCUT2D eigenvalue weighted by atomic mass is 32.2. The number of nitrogens with zero attached hydrogens (tertiary/aromatic N) is 2. The summed E-state index contributed by atoms with van der Waals surface area (Å²) in [5, 5.41) is 12.8. The van der Waals surface area contributed by atoms with Crippen LogP contribution in [0.4, 0.5) is 0 Å². The van der Waals surface area contributed by atoms with Crippen LogP contribution in [0.3, 0.4) is 0 Å². The second-order valence-corrected chi connectivity index (χ2v) is 3.78. The van der Waals surface area contributed by atoms with Crippen molar-refractivity contribution in [3.63, 3.8) is 0 Å². The second kappa shape index (κ2) is 4.52. The fourth-order valence-electron chi connectivity index (χ4n) is 1.04. The van der Waals surface area contributed by atoms with Gasteiger partial charge < -0.3 is 5.11 Å². The van der Waals surface area contributed by atoms with Crippen molar-refractivity contribution in [2.24, 2.45) is 7.05 Å². The molecule has 0 unspecified atom stereocenters. The van der Waals surface area contributed by atoms with Crippen molar-refractivity contribution >= 4 is 11.8 Å². The van der Waals surface area contributed by atoms with E-state index in [1.54, 1.807) is 11.8 Å². The summed E-state index contributed by atoms with van der Waals surface area (Å²) in [6, 6.07) is 2.07. The molecule has 0 fully saturated rings. The van der Waals surface area contributed by atoms with Crippen LogP contribution in [0.1, 0.15) is 11.4 Å². The predicted molar refractivity (Wildman–Crippen MR) is 51.2 cm³/mol. The molecule has 0 spiro atoms. The molecule has 1 aromatic rings. The van der Waals surface area contributed by atoms with Crippen LogP contribution in [0.2, 0.25) is 0 Å². The van der Waals surface area contributed by atoms with Gasteiger partial charge in [-0.25, -0.2) is 0 Å². The minimum atomic E-state index is 0.251. The summed E-state index contributed by atoms with van der Waals surface area (Å²) in [5.74, 6) is 1.72. The van der Waals surface area contributed by atoms with Gasteiger partial charge in [0, 0.05) is 24.2 Å². The molecule has 1 heterocycles. The Morgan fingerprint density at radius 2 is 2.42 bits per heavy atom. The van der Waals surface area contributed by atoms with E-state index >= 15 is 0 Å². The third-order valence-electron chi connectivity index (χ3n) is 1.58. The van der Waals surface area contributed by atoms with Crippen LogP contribution in [0.25, 0.3) is 0 Å². The van der Waals surface area contributed by atoms with E-state index in [-0.39, 0.29) is 6.61 Å². The maximum atomic E-state index is 8.58. The third kappa shape index (κ3) is 2.53. The first-order chi connectivity index (χ1) is 5.74. The van der Waals surface area contributed by atoms with E-state index < -0.39 is 0 Å². The van der Waals surface area contributed by atoms with Crippen molar-refractivity contribution < 1.29 is 5.11 Å². The first kappa shape index (κ1) is 9.61. The summed E-state index contributed by atoms with van der Waals surface area (Å²) in [5.41, 5.74) is 2.27. The van der Waals surface area contributed by atoms with Crippen LogP contribution in [-0.2, 0) is 12.8 Å². The van der Waals surface area contributed by atoms with Gasteiger partial charge in [-0.2, -0.15) is 16.9 Å². The van der Waals surface area contributed by atoms with Crippen LogP contribution < -0.4 is 0 Å². The van der Waals surface area contributed by atoms with Gasteiger partial charge in [-0.15, -0.1) is 0 Å². The zero-order chi connectivity index (χ0) is 8.97. The Kier molecular flexibility index (Phi) is 3.62. The average molecular weight is 186 g/mol. The number of hydrogen-bond donors (Lipinski definition) is 1. The molecule has 1 aromatic heterocycles. The summed E-state index contributed by atoms with van der Waals surface area (Å²) in [6.45, 7) is 2.24. The van der Waals surface area contributed by atoms with Crippen molar-refractivity contribution in [2.75, 3.05) is 12.4 Å². The predicted octanol–water partition coefficient (Wildman–Crippen LogP) is 0.954. The van der Waals surface area contributed by atoms with Gasteiger partial charge in [0.2, 0.25) is 0 Å². The summed E-state index contributed by atoms with van der Waals surface area (Å²) < 4.78 is 1.89. The topological polar surface area (TPSA) is 38.0 Å². The van der Waals surface area contributed by atoms with Gasteiger partial charge >= 0.3 is 0 Å². The zero-order valence-electron chi connectivity index (χ0n) is 7.45. The highest BCUT2D eigenvalue weighted by Gasteiger charge is 2.00. The lowest BCUT2D eigenvalue weighted by Crippen LogP contribution is -1.97. The van der Waals surface area contributed by atoms with Gasteiger partial charge in [0.05, 0.1) is 12.3 Å². The average Bonchev–Trinajstić information content (AvgIpc) is 2.31. The van der Waals surface area contributed by atoms with Gasteiger partial charge in [-0.1, -0.05) is 0 Å². The van der Waals surface area contributed by atoms with Crippen molar-refractivity contribution in [1.82, 2.24) is 9.78 Å². The number of aromatic nitrogens is 2. The molecule has 0 aliphatic rings. The van der Waals surface area contributed by atoms with Crippen molar-refractivity contribution in [3.05, 3.63) is 17.5 Å². The number of rotatable bonds is 4. The standard InChI is InChI=1S/C8H14N2OS/c1-7-5-8(10(2)9-7)6-12-4-3-11/h5,11H,3-4,6H2,1-2H3. The molecule has 0 radical (unpaired) electrons. The number of aliphatic hydroxyl groups excluding tert-OH is 1. The normalized spacial score (nSPS) is 10.6. The molecule has 0 atom stereocenters. The van der Waals surface area contributed by atoms with Crippen LogP contribution in [0, 0.1) is 6.92 Å². The molecule has 0 bridgehead atoms. The zero-order valence-corrected chi connectivity index (χ0v) is 8.27. The molecule has 0 saturated heterocycles. The van der Waals surface area contributed by atoms with Crippen LogP contribution >= 0.6 is 11.8 Å². The molecule has 3 nitrogen and oxygen atoms in total. The van der Waals surface area contributed by atoms with Crippen molar-refractivity contribution in [2.45, 2.75) is 12.7 Å². The summed E-state index contributed by atoms with van der Waals surface area (Å²) in [7, 11) is 1.95. The lowest BCUT2D eigenvalue weighted by atomic mass is 10.4. The first-order valence-corrected chi connectivity index (χ1v) is 5.07. The number of aryl methyl sites for hydroxylation is 2. The Bertz CT molecular complexity index is 247. The molecule has 68 valence electrons. The number of aliphatic hydroxyl groups is 1. The smallest absolute Gasteiger partial charge is 0.0596 e. The second-order valence-electron chi connectivity index (χ2n) is 2.68. The monoisotopic (exact) mass is 186 g/mol. The molecule has 0 aliphatic carbocycles. The number of thioether (sulfide) groups is 1. The van der Waals surface area contributed by atoms with E-state index in [1.165, 1.54) is 5.69 Å². The molecule has 0 aliphatic heterocycles. The van der Waals surface area contributed by atoms with E-state index in [4.69, 9.17) is 5.11 Å². The molecule has 1 N–H and O–H groups in total. The van der Waals surface area contributed by atoms with Gasteiger partial charge in [0.15, 0.2) is 0 Å². The van der Waals surface area contributed by atoms with Crippen molar-refractivity contribution in [3.8, 4) is 0 Å². The maximum Gasteiger partial charge on any atom is 0.0596 e. The van der Waals surface area contributed by atoms with E-state index in [1.807, 2.05) is 18.7 Å². The Hall–Kier alpha value is -0.480. The fourth-order valence-corrected chi connectivity index (χ4v) is 1.79. The lowest BCUT2D eigenvalue weighted by molar-refractivity contribution is 0.322. The van der Waals surface area contributed by atoms with Gasteiger partial charge in [-0.3, -0.25) is 4.68 Å². The highest BCUT2D eigenvalue weighted by Crippen LogP contribution is 2.11. The highest BCUT2D eigenvalue weighted by molar-refractivity contribution is 7.98. The van der Waals surface area contributed by atoms with E-state index in [0.29, 0.717) is 0 Å². The van der Waals surface area contributed by atoms with Crippen LogP contribution in [0.5, 0.6) is 0 Å². The molecule has 0 amide bonds. The Balaban J connectivity index is 2.45. The van der Waals surface area contributed by atoms with Crippen molar-refractivity contribution in [1.29, 1.82) is 0 Å². The van der Waals surface area contributed by atoms with Crippen LogP contribution in [-0.4, -0.2) is 27.2 Å². The molecular formula is C8H14N2OS. The molecular weight excluding hydrogens is 172 g/mol. The quantitative estimate of drug-likeness (QED) is 0.712. The minimum Gasteiger partial charge on any atom is -0.396 e. The lowest BCUT2D eigenvalue weighted by Gasteiger charge is -1.99. The molecule has 12 heavy (non-hydrogen) atoms. The Morgan fingerprint density at radius 3 is 2.92 bits per heavy atom. The minimum absolute atomic E-state index is 0.251. The molecule has 1 rings (SSSR count). The van der Waals surface area contributed by atoms with Gasteiger partial charge in [0.25, 0.3) is 0 Å². The van der Waals surface area contributed by atoms with E-state index in [9.17, 15) is 0 Å². The maximum absolute atomic E-state index is 8.58. The molecule has 0 saturated carbocycles. The van der Waals surface area contributed by atoms with Gasteiger partial charge in [-0.05, 0) is 13.0 Å². The summed E-state index contributed by atoms with van der Waals surface area (Å²) in [4.78, 5) is 0. The van der Waals surface area contributed by atoms with Gasteiger partial charge in [0.1, 0.15) is 0 Å². The molecule has 4 heteroatoms.